The molecule has 41 heavy (non-hydrogen) atoms. The highest BCUT2D eigenvalue weighted by Gasteiger charge is 2.37. The summed E-state index contributed by atoms with van der Waals surface area (Å²) >= 11 is 1.49. The van der Waals surface area contributed by atoms with Gasteiger partial charge in [-0.1, -0.05) is 48.0 Å². The maximum absolute atomic E-state index is 13.2. The number of carbonyl (C=O) groups excluding carboxylic acids is 1. The molecule has 11 heteroatoms. The van der Waals surface area contributed by atoms with Crippen molar-refractivity contribution in [2.24, 2.45) is 5.73 Å². The quantitative estimate of drug-likeness (QED) is 0.176. The molecule has 0 saturated carbocycles. The highest BCUT2D eigenvalue weighted by Crippen LogP contribution is 2.36. The number of amides is 1. The molecule has 0 unspecified atom stereocenters. The summed E-state index contributed by atoms with van der Waals surface area (Å²) in [7, 11) is 0. The van der Waals surface area contributed by atoms with E-state index in [1.807, 2.05) is 24.5 Å². The van der Waals surface area contributed by atoms with Crippen molar-refractivity contribution in [3.05, 3.63) is 106 Å². The summed E-state index contributed by atoms with van der Waals surface area (Å²) in [5.41, 5.74) is 4.91. The van der Waals surface area contributed by atoms with Crippen molar-refractivity contribution in [2.45, 2.75) is 43.6 Å². The smallest absolute Gasteiger partial charge is 0.393 e. The predicted molar refractivity (Wildman–Crippen MR) is 150 cm³/mol. The van der Waals surface area contributed by atoms with Gasteiger partial charge in [0.1, 0.15) is 5.70 Å². The highest BCUT2D eigenvalue weighted by atomic mass is 32.2. The summed E-state index contributed by atoms with van der Waals surface area (Å²) in [4.78, 5) is 15.4. The SMILES string of the molecule is CSc1ccc(/C(NCc2cc(C(F)(F)F)cc(C(F)(F)F)c2)=C(/N)C(=O)N2CCCC2)cc1.Cc1ccccc1. The van der Waals surface area contributed by atoms with Crippen LogP contribution in [0.5, 0.6) is 0 Å². The van der Waals surface area contributed by atoms with E-state index >= 15 is 0 Å². The molecule has 3 N–H and O–H groups in total. The Balaban J connectivity index is 0.000000575. The molecule has 1 heterocycles. The Kier molecular flexibility index (Phi) is 10.8. The maximum atomic E-state index is 13.2. The highest BCUT2D eigenvalue weighted by molar-refractivity contribution is 7.98. The number of hydrogen-bond acceptors (Lipinski definition) is 4. The van der Waals surface area contributed by atoms with Crippen LogP contribution in [0.4, 0.5) is 26.3 Å². The van der Waals surface area contributed by atoms with Gasteiger partial charge >= 0.3 is 12.4 Å². The Morgan fingerprint density at radius 2 is 1.41 bits per heavy atom. The number of nitrogens with one attached hydrogen (secondary N) is 1. The Morgan fingerprint density at radius 1 is 0.878 bits per heavy atom. The van der Waals surface area contributed by atoms with Gasteiger partial charge in [-0.15, -0.1) is 11.8 Å². The number of likely N-dealkylation sites (tertiary alicyclic amines) is 1. The van der Waals surface area contributed by atoms with Crippen LogP contribution < -0.4 is 11.1 Å². The van der Waals surface area contributed by atoms with Crippen molar-refractivity contribution < 1.29 is 31.1 Å². The fourth-order valence-electron chi connectivity index (χ4n) is 4.15. The fraction of sp³-hybridized carbons (Fsp3) is 0.300. The second kappa shape index (κ2) is 13.8. The monoisotopic (exact) mass is 595 g/mol. The molecule has 0 radical (unpaired) electrons. The Hall–Kier alpha value is -3.60. The number of nitrogens with two attached hydrogens (primary N) is 1. The minimum atomic E-state index is -4.95. The van der Waals surface area contributed by atoms with Crippen LogP contribution in [0.2, 0.25) is 0 Å². The largest absolute Gasteiger partial charge is 0.416 e. The van der Waals surface area contributed by atoms with Gasteiger partial charge in [-0.25, -0.2) is 0 Å². The van der Waals surface area contributed by atoms with E-state index in [2.05, 4.69) is 24.4 Å². The number of nitrogens with zero attached hydrogens (tertiary/aromatic N) is 1. The second-order valence-corrected chi connectivity index (χ2v) is 10.3. The Morgan fingerprint density at radius 3 is 1.85 bits per heavy atom. The first kappa shape index (κ1) is 31.9. The van der Waals surface area contributed by atoms with Crippen LogP contribution in [0, 0.1) is 6.92 Å². The van der Waals surface area contributed by atoms with Gasteiger partial charge in [0.05, 0.1) is 16.8 Å². The average Bonchev–Trinajstić information content (AvgIpc) is 3.48. The van der Waals surface area contributed by atoms with Crippen molar-refractivity contribution >= 4 is 23.4 Å². The molecule has 4 rings (SSSR count). The number of carbonyl (C=O) groups is 1. The lowest BCUT2D eigenvalue weighted by Crippen LogP contribution is -2.34. The van der Waals surface area contributed by atoms with E-state index in [1.165, 1.54) is 17.3 Å². The molecule has 1 amide bonds. The number of alkyl halides is 6. The topological polar surface area (TPSA) is 58.4 Å². The van der Waals surface area contributed by atoms with Crippen molar-refractivity contribution in [2.75, 3.05) is 19.3 Å². The van der Waals surface area contributed by atoms with E-state index in [4.69, 9.17) is 5.73 Å². The van der Waals surface area contributed by atoms with Crippen molar-refractivity contribution in [1.82, 2.24) is 10.2 Å². The molecule has 3 aromatic carbocycles. The zero-order valence-electron chi connectivity index (χ0n) is 22.6. The Bertz CT molecular complexity index is 1300. The van der Waals surface area contributed by atoms with Crippen LogP contribution in [-0.2, 0) is 23.7 Å². The van der Waals surface area contributed by atoms with E-state index in [9.17, 15) is 31.1 Å². The van der Waals surface area contributed by atoms with E-state index < -0.39 is 35.9 Å². The number of aryl methyl sites for hydroxylation is 1. The standard InChI is InChI=1S/C23H23F6N3OS.C7H8/c1-34-18-6-4-15(5-7-18)20(19(30)21(33)32-8-2-3-9-32)31-13-14-10-16(22(24,25)26)12-17(11-14)23(27,28)29;1-7-5-3-2-4-6-7/h4-7,10-12,31H,2-3,8-9,13,30H2,1H3;2-6H,1H3/b20-19-;. The molecule has 1 saturated heterocycles. The summed E-state index contributed by atoms with van der Waals surface area (Å²) in [6.07, 6.45) is -6.37. The molecule has 3 aromatic rings. The van der Waals surface area contributed by atoms with E-state index in [-0.39, 0.29) is 23.0 Å². The molecule has 1 fully saturated rings. The van der Waals surface area contributed by atoms with Crippen molar-refractivity contribution in [3.63, 3.8) is 0 Å². The minimum absolute atomic E-state index is 0.0760. The zero-order valence-corrected chi connectivity index (χ0v) is 23.4. The van der Waals surface area contributed by atoms with Crippen LogP contribution >= 0.6 is 11.8 Å². The van der Waals surface area contributed by atoms with Gasteiger partial charge in [0.25, 0.3) is 5.91 Å². The number of halogens is 6. The molecule has 0 bridgehead atoms. The number of rotatable bonds is 6. The number of hydrogen-bond donors (Lipinski definition) is 2. The van der Waals surface area contributed by atoms with E-state index in [0.29, 0.717) is 30.8 Å². The summed E-state index contributed by atoms with van der Waals surface area (Å²) in [5.74, 6) is -0.436. The van der Waals surface area contributed by atoms with Gasteiger partial charge in [-0.2, -0.15) is 26.3 Å². The summed E-state index contributed by atoms with van der Waals surface area (Å²) in [5, 5.41) is 2.82. The van der Waals surface area contributed by atoms with Crippen molar-refractivity contribution in [3.8, 4) is 0 Å². The lowest BCUT2D eigenvalue weighted by atomic mass is 10.0. The summed E-state index contributed by atoms with van der Waals surface area (Å²) in [6, 6.07) is 18.6. The van der Waals surface area contributed by atoms with Gasteiger partial charge in [-0.3, -0.25) is 4.79 Å². The van der Waals surface area contributed by atoms with Gasteiger partial charge in [-0.05, 0) is 67.5 Å². The molecule has 4 nitrogen and oxygen atoms in total. The average molecular weight is 596 g/mol. The number of thioether (sulfide) groups is 1. The first-order valence-electron chi connectivity index (χ1n) is 12.8. The Labute approximate surface area is 239 Å². The summed E-state index contributed by atoms with van der Waals surface area (Å²) in [6.45, 7) is 2.74. The van der Waals surface area contributed by atoms with Crippen LogP contribution in [-0.4, -0.2) is 30.2 Å². The molecule has 1 aliphatic heterocycles. The third kappa shape index (κ3) is 9.21. The normalized spacial score (nSPS) is 14.2. The molecule has 0 atom stereocenters. The molecular weight excluding hydrogens is 564 g/mol. The van der Waals surface area contributed by atoms with Gasteiger partial charge in [0.15, 0.2) is 0 Å². The predicted octanol–water partition coefficient (Wildman–Crippen LogP) is 7.48. The molecule has 1 aliphatic rings. The zero-order chi connectivity index (χ0) is 30.2. The third-order valence-corrected chi connectivity index (χ3v) is 7.07. The third-order valence-electron chi connectivity index (χ3n) is 6.33. The lowest BCUT2D eigenvalue weighted by Gasteiger charge is -2.20. The first-order valence-corrected chi connectivity index (χ1v) is 14.0. The van der Waals surface area contributed by atoms with Gasteiger partial charge in [0, 0.05) is 24.5 Å². The minimum Gasteiger partial charge on any atom is -0.393 e. The maximum Gasteiger partial charge on any atom is 0.416 e. The van der Waals surface area contributed by atoms with Crippen LogP contribution in [0.3, 0.4) is 0 Å². The molecule has 0 aromatic heterocycles. The van der Waals surface area contributed by atoms with Gasteiger partial charge in [0.2, 0.25) is 0 Å². The first-order chi connectivity index (χ1) is 19.3. The lowest BCUT2D eigenvalue weighted by molar-refractivity contribution is -0.143. The van der Waals surface area contributed by atoms with E-state index in [1.54, 1.807) is 29.2 Å². The van der Waals surface area contributed by atoms with Gasteiger partial charge < -0.3 is 16.0 Å². The van der Waals surface area contributed by atoms with Crippen molar-refractivity contribution in [1.29, 1.82) is 0 Å². The second-order valence-electron chi connectivity index (χ2n) is 9.44. The number of benzene rings is 3. The molecule has 0 spiro atoms. The molecule has 220 valence electrons. The van der Waals surface area contributed by atoms with Crippen LogP contribution in [0.15, 0.2) is 83.4 Å². The van der Waals surface area contributed by atoms with E-state index in [0.717, 1.165) is 17.7 Å². The van der Waals surface area contributed by atoms with Crippen LogP contribution in [0.25, 0.3) is 5.70 Å². The molecular formula is C30H31F6N3OS. The van der Waals surface area contributed by atoms with Crippen LogP contribution in [0.1, 0.15) is 40.7 Å². The molecule has 0 aliphatic carbocycles. The summed E-state index contributed by atoms with van der Waals surface area (Å²) < 4.78 is 79.3. The fourth-order valence-corrected chi connectivity index (χ4v) is 4.56.